The van der Waals surface area contributed by atoms with Crippen LogP contribution in [0.5, 0.6) is 0 Å². The predicted octanol–water partition coefficient (Wildman–Crippen LogP) is 1.24. The molecule has 0 bridgehead atoms. The highest BCUT2D eigenvalue weighted by atomic mass is 16.6. The Labute approximate surface area is 72.9 Å². The lowest BCUT2D eigenvalue weighted by atomic mass is 10.2. The monoisotopic (exact) mass is 175 g/mol. The Morgan fingerprint density at radius 2 is 2.08 bits per heavy atom. The molecule has 2 N–H and O–H groups in total. The van der Waals surface area contributed by atoms with Crippen molar-refractivity contribution < 1.29 is 14.6 Å². The number of amides is 1. The van der Waals surface area contributed by atoms with Gasteiger partial charge in [-0.05, 0) is 27.2 Å². The first-order valence-corrected chi connectivity index (χ1v) is 4.02. The molecule has 0 aromatic carbocycles. The van der Waals surface area contributed by atoms with Crippen LogP contribution in [0.15, 0.2) is 0 Å². The van der Waals surface area contributed by atoms with Gasteiger partial charge in [-0.15, -0.1) is 0 Å². The quantitative estimate of drug-likeness (QED) is 0.621. The molecule has 0 aromatic rings. The van der Waals surface area contributed by atoms with E-state index < -0.39 is 17.9 Å². The normalized spacial score (nSPS) is 13.8. The number of nitrogens with one attached hydrogen (secondary N) is 1. The van der Waals surface area contributed by atoms with Crippen LogP contribution in [0.1, 0.15) is 34.1 Å². The second kappa shape index (κ2) is 4.30. The SMILES string of the molecule is CC[C@@H](O)NC(=O)OC(C)(C)C. The molecule has 0 radical (unpaired) electrons. The van der Waals surface area contributed by atoms with Crippen molar-refractivity contribution in [1.82, 2.24) is 5.32 Å². The molecule has 0 rings (SSSR count). The molecule has 72 valence electrons. The van der Waals surface area contributed by atoms with Crippen LogP contribution in [0.4, 0.5) is 4.79 Å². The van der Waals surface area contributed by atoms with Gasteiger partial charge in [0, 0.05) is 0 Å². The number of alkyl carbamates (subject to hydrolysis) is 1. The lowest BCUT2D eigenvalue weighted by molar-refractivity contribution is 0.0353. The van der Waals surface area contributed by atoms with Crippen LogP contribution in [0.25, 0.3) is 0 Å². The van der Waals surface area contributed by atoms with Crippen molar-refractivity contribution in [2.45, 2.75) is 45.9 Å². The minimum absolute atomic E-state index is 0.471. The lowest BCUT2D eigenvalue weighted by Crippen LogP contribution is -2.38. The maximum absolute atomic E-state index is 10.9. The molecule has 0 aliphatic rings. The van der Waals surface area contributed by atoms with E-state index in [0.717, 1.165) is 0 Å². The summed E-state index contributed by atoms with van der Waals surface area (Å²) in [5, 5.41) is 11.3. The van der Waals surface area contributed by atoms with Crippen molar-refractivity contribution in [1.29, 1.82) is 0 Å². The van der Waals surface area contributed by atoms with Crippen molar-refractivity contribution in [2.75, 3.05) is 0 Å². The largest absolute Gasteiger partial charge is 0.444 e. The van der Waals surface area contributed by atoms with Gasteiger partial charge in [-0.2, -0.15) is 0 Å². The Morgan fingerprint density at radius 3 is 2.42 bits per heavy atom. The third kappa shape index (κ3) is 5.97. The Balaban J connectivity index is 3.75. The van der Waals surface area contributed by atoms with Crippen LogP contribution in [-0.4, -0.2) is 23.0 Å². The van der Waals surface area contributed by atoms with Crippen molar-refractivity contribution in [3.05, 3.63) is 0 Å². The van der Waals surface area contributed by atoms with Gasteiger partial charge in [-0.1, -0.05) is 6.92 Å². The molecule has 1 amide bonds. The van der Waals surface area contributed by atoms with Crippen LogP contribution in [0.2, 0.25) is 0 Å². The second-order valence-corrected chi connectivity index (χ2v) is 3.57. The molecule has 0 aromatic heterocycles. The minimum atomic E-state index is -0.820. The van der Waals surface area contributed by atoms with Crippen LogP contribution in [0, 0.1) is 0 Å². The maximum Gasteiger partial charge on any atom is 0.409 e. The van der Waals surface area contributed by atoms with Crippen LogP contribution >= 0.6 is 0 Å². The van der Waals surface area contributed by atoms with E-state index in [2.05, 4.69) is 5.32 Å². The summed E-state index contributed by atoms with van der Waals surface area (Å²) in [5.74, 6) is 0. The molecule has 0 saturated carbocycles. The summed E-state index contributed by atoms with van der Waals surface area (Å²) in [6, 6.07) is 0. The van der Waals surface area contributed by atoms with Crippen molar-refractivity contribution in [2.24, 2.45) is 0 Å². The zero-order valence-corrected chi connectivity index (χ0v) is 8.05. The first-order chi connectivity index (χ1) is 5.35. The van der Waals surface area contributed by atoms with Gasteiger partial charge in [-0.25, -0.2) is 4.79 Å². The number of ether oxygens (including phenoxy) is 1. The molecule has 0 aliphatic carbocycles. The third-order valence-electron chi connectivity index (χ3n) is 1.07. The Hall–Kier alpha value is -0.770. The second-order valence-electron chi connectivity index (χ2n) is 3.57. The average molecular weight is 175 g/mol. The van der Waals surface area contributed by atoms with Crippen molar-refractivity contribution >= 4 is 6.09 Å². The van der Waals surface area contributed by atoms with Gasteiger partial charge in [0.05, 0.1) is 0 Å². The molecule has 4 nitrogen and oxygen atoms in total. The summed E-state index contributed by atoms with van der Waals surface area (Å²) in [5.41, 5.74) is -0.516. The van der Waals surface area contributed by atoms with Gasteiger partial charge >= 0.3 is 6.09 Å². The van der Waals surface area contributed by atoms with Crippen LogP contribution < -0.4 is 5.32 Å². The predicted molar refractivity (Wildman–Crippen MR) is 45.7 cm³/mol. The first-order valence-electron chi connectivity index (χ1n) is 4.02. The van der Waals surface area contributed by atoms with Gasteiger partial charge in [0.1, 0.15) is 11.8 Å². The average Bonchev–Trinajstić information content (AvgIpc) is 1.82. The van der Waals surface area contributed by atoms with E-state index in [1.807, 2.05) is 0 Å². The number of carbonyl (C=O) groups is 1. The lowest BCUT2D eigenvalue weighted by Gasteiger charge is -2.20. The molecule has 1 atom stereocenters. The molecule has 4 heteroatoms. The molecule has 12 heavy (non-hydrogen) atoms. The topological polar surface area (TPSA) is 58.6 Å². The standard InChI is InChI=1S/C8H17NO3/c1-5-6(10)9-7(11)12-8(2,3)4/h6,10H,5H2,1-4H3,(H,9,11)/t6-/m1/s1. The van der Waals surface area contributed by atoms with Crippen LogP contribution in [-0.2, 0) is 4.74 Å². The van der Waals surface area contributed by atoms with Gasteiger partial charge in [0.2, 0.25) is 0 Å². The van der Waals surface area contributed by atoms with E-state index >= 15 is 0 Å². The maximum atomic E-state index is 10.9. The molecular formula is C8H17NO3. The molecule has 0 fully saturated rings. The van der Waals surface area contributed by atoms with E-state index in [9.17, 15) is 4.79 Å². The van der Waals surface area contributed by atoms with Gasteiger partial charge < -0.3 is 9.84 Å². The zero-order valence-electron chi connectivity index (χ0n) is 8.05. The fourth-order valence-corrected chi connectivity index (χ4v) is 0.546. The summed E-state index contributed by atoms with van der Waals surface area (Å²) >= 11 is 0. The van der Waals surface area contributed by atoms with Gasteiger partial charge in [-0.3, -0.25) is 5.32 Å². The summed E-state index contributed by atoms with van der Waals surface area (Å²) < 4.78 is 4.90. The summed E-state index contributed by atoms with van der Waals surface area (Å²) in [6.07, 6.45) is -0.934. The highest BCUT2D eigenvalue weighted by Gasteiger charge is 2.17. The smallest absolute Gasteiger partial charge is 0.409 e. The van der Waals surface area contributed by atoms with E-state index in [4.69, 9.17) is 9.84 Å². The third-order valence-corrected chi connectivity index (χ3v) is 1.07. The highest BCUT2D eigenvalue weighted by Crippen LogP contribution is 2.06. The Bertz CT molecular complexity index is 151. The van der Waals surface area contributed by atoms with E-state index in [1.165, 1.54) is 0 Å². The number of hydrogen-bond acceptors (Lipinski definition) is 3. The summed E-state index contributed by atoms with van der Waals surface area (Å²) in [7, 11) is 0. The van der Waals surface area contributed by atoms with Crippen LogP contribution in [0.3, 0.4) is 0 Å². The number of aliphatic hydroxyl groups is 1. The highest BCUT2D eigenvalue weighted by molar-refractivity contribution is 5.67. The molecule has 0 aliphatic heterocycles. The van der Waals surface area contributed by atoms with Crippen molar-refractivity contribution in [3.63, 3.8) is 0 Å². The van der Waals surface area contributed by atoms with Crippen molar-refractivity contribution in [3.8, 4) is 0 Å². The van der Waals surface area contributed by atoms with E-state index in [1.54, 1.807) is 27.7 Å². The fraction of sp³-hybridized carbons (Fsp3) is 0.875. The molecule has 0 spiro atoms. The van der Waals surface area contributed by atoms with E-state index in [-0.39, 0.29) is 0 Å². The summed E-state index contributed by atoms with van der Waals surface area (Å²) in [6.45, 7) is 7.07. The number of aliphatic hydroxyl groups excluding tert-OH is 1. The number of hydrogen-bond donors (Lipinski definition) is 2. The first kappa shape index (κ1) is 11.2. The number of carbonyl (C=O) groups excluding carboxylic acids is 1. The van der Waals surface area contributed by atoms with Gasteiger partial charge in [0.15, 0.2) is 0 Å². The van der Waals surface area contributed by atoms with E-state index in [0.29, 0.717) is 6.42 Å². The molecule has 0 unspecified atom stereocenters. The molecule has 0 heterocycles. The zero-order chi connectivity index (χ0) is 9.78. The molecule has 0 saturated heterocycles. The van der Waals surface area contributed by atoms with Gasteiger partial charge in [0.25, 0.3) is 0 Å². The minimum Gasteiger partial charge on any atom is -0.444 e. The fourth-order valence-electron chi connectivity index (χ4n) is 0.546. The Morgan fingerprint density at radius 1 is 1.58 bits per heavy atom. The summed E-state index contributed by atoms with van der Waals surface area (Å²) in [4.78, 5) is 10.9. The Kier molecular flexibility index (Phi) is 4.03. The number of rotatable bonds is 2. The molecular weight excluding hydrogens is 158 g/mol.